The van der Waals surface area contributed by atoms with Crippen molar-refractivity contribution in [3.63, 3.8) is 0 Å². The van der Waals surface area contributed by atoms with Crippen LogP contribution in [0.4, 0.5) is 0 Å². The molecule has 190 valence electrons. The minimum Gasteiger partial charge on any atom is -0.459 e. The average Bonchev–Trinajstić information content (AvgIpc) is 2.79. The largest absolute Gasteiger partial charge is 0.459 e. The summed E-state index contributed by atoms with van der Waals surface area (Å²) in [6, 6.07) is 3.60. The number of hydrogen-bond donors (Lipinski definition) is 1. The van der Waals surface area contributed by atoms with Crippen molar-refractivity contribution in [2.45, 2.75) is 91.9 Å². The molecule has 0 spiro atoms. The van der Waals surface area contributed by atoms with Crippen LogP contribution >= 0.6 is 0 Å². The summed E-state index contributed by atoms with van der Waals surface area (Å²) in [6.07, 6.45) is 0.238. The highest BCUT2D eigenvalue weighted by Crippen LogP contribution is 2.30. The van der Waals surface area contributed by atoms with Crippen LogP contribution in [-0.2, 0) is 35.1 Å². The summed E-state index contributed by atoms with van der Waals surface area (Å²) in [4.78, 5) is 47.9. The number of carbonyl (C=O) groups is 4. The first-order valence-corrected chi connectivity index (χ1v) is 11.7. The molecule has 0 saturated carbocycles. The van der Waals surface area contributed by atoms with E-state index in [2.05, 4.69) is 0 Å². The van der Waals surface area contributed by atoms with Crippen LogP contribution in [0.3, 0.4) is 0 Å². The van der Waals surface area contributed by atoms with Gasteiger partial charge in [-0.15, -0.1) is 0 Å². The summed E-state index contributed by atoms with van der Waals surface area (Å²) < 4.78 is 21.2. The molecule has 9 nitrogen and oxygen atoms in total. The van der Waals surface area contributed by atoms with E-state index in [0.717, 1.165) is 6.42 Å². The quantitative estimate of drug-likeness (QED) is 0.333. The molecule has 1 rings (SSSR count). The van der Waals surface area contributed by atoms with Gasteiger partial charge in [-0.25, -0.2) is 0 Å². The first-order chi connectivity index (χ1) is 16.0. The molecule has 0 saturated heterocycles. The van der Waals surface area contributed by atoms with Crippen LogP contribution < -0.4 is 15.2 Å². The number of carbonyl (C=O) groups excluding carboxylic acids is 4. The Kier molecular flexibility index (Phi) is 12.3. The number of benzene rings is 1. The molecule has 4 atom stereocenters. The molecule has 9 heteroatoms. The maximum Gasteiger partial charge on any atom is 0.323 e. The first-order valence-electron chi connectivity index (χ1n) is 11.7. The number of hydrogen-bond acceptors (Lipinski definition) is 9. The molecule has 0 heterocycles. The highest BCUT2D eigenvalue weighted by atomic mass is 16.6. The molecule has 0 aromatic heterocycles. The van der Waals surface area contributed by atoms with Gasteiger partial charge in [-0.2, -0.15) is 0 Å². The summed E-state index contributed by atoms with van der Waals surface area (Å²) in [5.74, 6) is -1.59. The predicted octanol–water partition coefficient (Wildman–Crippen LogP) is 3.49. The third-order valence-electron chi connectivity index (χ3n) is 5.28. The minimum atomic E-state index is -1.01. The van der Waals surface area contributed by atoms with Gasteiger partial charge in [-0.05, 0) is 43.9 Å². The average molecular weight is 480 g/mol. The smallest absolute Gasteiger partial charge is 0.323 e. The second-order valence-electron chi connectivity index (χ2n) is 8.30. The van der Waals surface area contributed by atoms with Crippen molar-refractivity contribution in [2.75, 3.05) is 0 Å². The van der Waals surface area contributed by atoms with Crippen molar-refractivity contribution in [1.82, 2.24) is 0 Å². The fourth-order valence-corrected chi connectivity index (χ4v) is 2.72. The monoisotopic (exact) mass is 479 g/mol. The number of ether oxygens (including phenoxy) is 4. The maximum absolute atomic E-state index is 12.5. The topological polar surface area (TPSA) is 131 Å². The van der Waals surface area contributed by atoms with Crippen LogP contribution in [0.2, 0.25) is 0 Å². The Morgan fingerprint density at radius 3 is 1.94 bits per heavy atom. The van der Waals surface area contributed by atoms with Crippen molar-refractivity contribution in [2.24, 2.45) is 11.7 Å². The van der Waals surface area contributed by atoms with E-state index < -0.39 is 36.2 Å². The van der Waals surface area contributed by atoms with Gasteiger partial charge < -0.3 is 24.7 Å². The molecule has 1 aromatic carbocycles. The van der Waals surface area contributed by atoms with Crippen molar-refractivity contribution in [1.29, 1.82) is 0 Å². The highest BCUT2D eigenvalue weighted by Gasteiger charge is 2.25. The molecule has 2 N–H and O–H groups in total. The molecule has 0 fully saturated rings. The molecule has 0 bridgehead atoms. The molecule has 0 amide bonds. The molecule has 0 aliphatic carbocycles. The van der Waals surface area contributed by atoms with E-state index in [0.29, 0.717) is 12.0 Å². The summed E-state index contributed by atoms with van der Waals surface area (Å²) in [5.41, 5.74) is 6.61. The highest BCUT2D eigenvalue weighted by molar-refractivity contribution is 5.77. The lowest BCUT2D eigenvalue weighted by Crippen LogP contribution is -2.39. The van der Waals surface area contributed by atoms with E-state index >= 15 is 0 Å². The Morgan fingerprint density at radius 2 is 1.38 bits per heavy atom. The number of rotatable bonds is 13. The Morgan fingerprint density at radius 1 is 0.824 bits per heavy atom. The zero-order valence-corrected chi connectivity index (χ0v) is 20.9. The lowest BCUT2D eigenvalue weighted by Gasteiger charge is -2.23. The van der Waals surface area contributed by atoms with Gasteiger partial charge in [0.1, 0.15) is 18.2 Å². The van der Waals surface area contributed by atoms with Crippen molar-refractivity contribution < 1.29 is 38.1 Å². The Balaban J connectivity index is 2.79. The van der Waals surface area contributed by atoms with Crippen LogP contribution in [0.15, 0.2) is 18.2 Å². The van der Waals surface area contributed by atoms with Crippen molar-refractivity contribution >= 4 is 23.9 Å². The minimum absolute atomic E-state index is 0.0712. The zero-order valence-electron chi connectivity index (χ0n) is 20.9. The van der Waals surface area contributed by atoms with E-state index in [-0.39, 0.29) is 42.6 Å². The van der Waals surface area contributed by atoms with E-state index in [1.807, 2.05) is 13.8 Å². The molecular formula is C25H37NO8. The molecule has 0 aliphatic heterocycles. The second-order valence-corrected chi connectivity index (χ2v) is 8.30. The first kappa shape index (κ1) is 29.1. The Labute approximate surface area is 201 Å². The third-order valence-corrected chi connectivity index (χ3v) is 5.28. The fourth-order valence-electron chi connectivity index (χ4n) is 2.72. The lowest BCUT2D eigenvalue weighted by molar-refractivity contribution is -0.166. The van der Waals surface area contributed by atoms with E-state index in [4.69, 9.17) is 24.7 Å². The van der Waals surface area contributed by atoms with Crippen LogP contribution in [0, 0.1) is 5.92 Å². The van der Waals surface area contributed by atoms with E-state index in [1.54, 1.807) is 33.8 Å². The maximum atomic E-state index is 12.5. The van der Waals surface area contributed by atoms with Gasteiger partial charge in [0.2, 0.25) is 0 Å². The van der Waals surface area contributed by atoms with Crippen LogP contribution in [0.5, 0.6) is 11.5 Å². The molecule has 1 unspecified atom stereocenters. The van der Waals surface area contributed by atoms with E-state index in [1.165, 1.54) is 12.1 Å². The zero-order chi connectivity index (χ0) is 25.8. The van der Waals surface area contributed by atoms with Crippen LogP contribution in [0.25, 0.3) is 0 Å². The van der Waals surface area contributed by atoms with E-state index in [9.17, 15) is 19.2 Å². The van der Waals surface area contributed by atoms with Crippen LogP contribution in [-0.4, -0.2) is 42.1 Å². The van der Waals surface area contributed by atoms with Gasteiger partial charge in [0.05, 0.1) is 0 Å². The van der Waals surface area contributed by atoms with Gasteiger partial charge in [0, 0.05) is 19.3 Å². The lowest BCUT2D eigenvalue weighted by atomic mass is 10.1. The third kappa shape index (κ3) is 9.91. The van der Waals surface area contributed by atoms with Crippen molar-refractivity contribution in [3.8, 4) is 11.5 Å². The predicted molar refractivity (Wildman–Crippen MR) is 125 cm³/mol. The number of nitrogens with two attached hydrogens (primary N) is 1. The molecule has 0 aliphatic rings. The molecule has 1 aromatic rings. The van der Waals surface area contributed by atoms with Gasteiger partial charge in [0.15, 0.2) is 11.5 Å². The summed E-state index contributed by atoms with van der Waals surface area (Å²) in [6.45, 7) is 10.5. The fraction of sp³-hybridized carbons (Fsp3) is 0.600. The summed E-state index contributed by atoms with van der Waals surface area (Å²) in [7, 11) is 0. The summed E-state index contributed by atoms with van der Waals surface area (Å²) >= 11 is 0. The molecule has 34 heavy (non-hydrogen) atoms. The molecule has 0 radical (unpaired) electrons. The second kappa shape index (κ2) is 14.3. The molecular weight excluding hydrogens is 442 g/mol. The van der Waals surface area contributed by atoms with Gasteiger partial charge in [-0.3, -0.25) is 19.2 Å². The normalized spacial score (nSPS) is 14.3. The van der Waals surface area contributed by atoms with Gasteiger partial charge in [0.25, 0.3) is 0 Å². The SMILES string of the molecule is CCC(=O)Oc1ccc(C[C@H](N)C(=O)O[C@@H](C)[C@H](C)OC(=O)CC(C)CC)cc1OC(=O)CC. The van der Waals surface area contributed by atoms with Gasteiger partial charge >= 0.3 is 23.9 Å². The van der Waals surface area contributed by atoms with Gasteiger partial charge in [-0.1, -0.05) is 40.2 Å². The number of esters is 4. The van der Waals surface area contributed by atoms with Crippen LogP contribution in [0.1, 0.15) is 72.8 Å². The Bertz CT molecular complexity index is 853. The summed E-state index contributed by atoms with van der Waals surface area (Å²) in [5, 5.41) is 0. The standard InChI is InChI=1S/C25H37NO8/c1-7-15(4)12-24(29)31-16(5)17(6)32-25(30)19(26)13-18-10-11-20(33-22(27)8-2)21(14-18)34-23(28)9-3/h10-11,14-17,19H,7-9,12-13,26H2,1-6H3/t15?,16-,17-,19-/m0/s1. The Hall–Kier alpha value is -2.94. The van der Waals surface area contributed by atoms with Crippen molar-refractivity contribution in [3.05, 3.63) is 23.8 Å².